The van der Waals surface area contributed by atoms with E-state index in [-0.39, 0.29) is 0 Å². The Balaban J connectivity index is 1.64. The van der Waals surface area contributed by atoms with Crippen molar-refractivity contribution in [3.8, 4) is 11.3 Å². The number of benzene rings is 3. The molecule has 26 heavy (non-hydrogen) atoms. The molecule has 1 N–H and O–H groups in total. The number of furan rings is 1. The quantitative estimate of drug-likeness (QED) is 0.491. The van der Waals surface area contributed by atoms with Gasteiger partial charge in [-0.3, -0.25) is 0 Å². The molecule has 2 nitrogen and oxygen atoms in total. The van der Waals surface area contributed by atoms with Gasteiger partial charge in [0.05, 0.1) is 0 Å². The highest BCUT2D eigenvalue weighted by Gasteiger charge is 2.18. The topological polar surface area (TPSA) is 25.2 Å². The SMILES string of the molecule is c1ccc(Cc2cc3c(c(-c4cc5ccccc5o4)c2)NCCC3)cc1. The zero-order valence-corrected chi connectivity index (χ0v) is 14.7. The average Bonchev–Trinajstić information content (AvgIpc) is 3.12. The lowest BCUT2D eigenvalue weighted by molar-refractivity contribution is 0.631. The Morgan fingerprint density at radius 2 is 1.69 bits per heavy atom. The predicted molar refractivity (Wildman–Crippen MR) is 108 cm³/mol. The van der Waals surface area contributed by atoms with Crippen LogP contribution in [0.4, 0.5) is 5.69 Å². The molecule has 0 amide bonds. The van der Waals surface area contributed by atoms with Crippen molar-refractivity contribution in [1.82, 2.24) is 0 Å². The van der Waals surface area contributed by atoms with Crippen LogP contribution in [-0.4, -0.2) is 6.54 Å². The Hall–Kier alpha value is -3.00. The molecule has 1 aliphatic rings. The molecule has 0 fully saturated rings. The van der Waals surface area contributed by atoms with Gasteiger partial charge in [-0.05, 0) is 54.2 Å². The summed E-state index contributed by atoms with van der Waals surface area (Å²) in [6.07, 6.45) is 3.25. The lowest BCUT2D eigenvalue weighted by Crippen LogP contribution is -2.13. The molecule has 0 unspecified atom stereocenters. The van der Waals surface area contributed by atoms with Gasteiger partial charge in [0.1, 0.15) is 11.3 Å². The van der Waals surface area contributed by atoms with Crippen LogP contribution in [-0.2, 0) is 12.8 Å². The Morgan fingerprint density at radius 1 is 0.846 bits per heavy atom. The molecular weight excluding hydrogens is 318 g/mol. The number of nitrogens with one attached hydrogen (secondary N) is 1. The molecule has 1 aromatic heterocycles. The fraction of sp³-hybridized carbons (Fsp3) is 0.167. The number of para-hydroxylation sites is 1. The molecule has 0 spiro atoms. The number of fused-ring (bicyclic) bond motifs is 2. The minimum absolute atomic E-state index is 0.945. The second kappa shape index (κ2) is 6.38. The van der Waals surface area contributed by atoms with E-state index in [1.165, 1.54) is 34.4 Å². The van der Waals surface area contributed by atoms with Gasteiger partial charge in [-0.25, -0.2) is 0 Å². The van der Waals surface area contributed by atoms with Crippen LogP contribution >= 0.6 is 0 Å². The molecule has 128 valence electrons. The average molecular weight is 339 g/mol. The van der Waals surface area contributed by atoms with Crippen LogP contribution in [0.1, 0.15) is 23.1 Å². The van der Waals surface area contributed by atoms with Gasteiger partial charge in [0, 0.05) is 23.2 Å². The summed E-state index contributed by atoms with van der Waals surface area (Å²) in [6, 6.07) is 25.7. The maximum Gasteiger partial charge on any atom is 0.137 e. The van der Waals surface area contributed by atoms with Crippen molar-refractivity contribution < 1.29 is 4.42 Å². The van der Waals surface area contributed by atoms with Crippen LogP contribution in [0.5, 0.6) is 0 Å². The lowest BCUT2D eigenvalue weighted by Gasteiger charge is -2.22. The van der Waals surface area contributed by atoms with Gasteiger partial charge < -0.3 is 9.73 Å². The van der Waals surface area contributed by atoms with Gasteiger partial charge in [-0.15, -0.1) is 0 Å². The minimum Gasteiger partial charge on any atom is -0.456 e. The monoisotopic (exact) mass is 339 g/mol. The second-order valence-corrected chi connectivity index (χ2v) is 7.02. The van der Waals surface area contributed by atoms with Gasteiger partial charge in [-0.2, -0.15) is 0 Å². The molecule has 5 rings (SSSR count). The van der Waals surface area contributed by atoms with E-state index in [0.29, 0.717) is 0 Å². The Labute approximate surface area is 153 Å². The normalized spacial score (nSPS) is 13.4. The van der Waals surface area contributed by atoms with E-state index in [1.807, 2.05) is 12.1 Å². The first kappa shape index (κ1) is 15.3. The summed E-state index contributed by atoms with van der Waals surface area (Å²) in [6.45, 7) is 1.03. The molecule has 1 aliphatic heterocycles. The molecule has 2 heterocycles. The smallest absolute Gasteiger partial charge is 0.137 e. The molecular formula is C24H21NO. The number of hydrogen-bond donors (Lipinski definition) is 1. The molecule has 4 aromatic rings. The first-order valence-electron chi connectivity index (χ1n) is 9.29. The summed E-state index contributed by atoms with van der Waals surface area (Å²) >= 11 is 0. The van der Waals surface area contributed by atoms with E-state index in [4.69, 9.17) is 4.42 Å². The fourth-order valence-electron chi connectivity index (χ4n) is 3.91. The highest BCUT2D eigenvalue weighted by atomic mass is 16.3. The lowest BCUT2D eigenvalue weighted by atomic mass is 9.93. The van der Waals surface area contributed by atoms with E-state index < -0.39 is 0 Å². The minimum atomic E-state index is 0.945. The Kier molecular flexibility index (Phi) is 3.75. The van der Waals surface area contributed by atoms with E-state index in [0.717, 1.165) is 36.1 Å². The molecule has 3 aromatic carbocycles. The van der Waals surface area contributed by atoms with Crippen LogP contribution in [0.3, 0.4) is 0 Å². The van der Waals surface area contributed by atoms with Crippen molar-refractivity contribution in [2.24, 2.45) is 0 Å². The van der Waals surface area contributed by atoms with Crippen LogP contribution in [0.2, 0.25) is 0 Å². The van der Waals surface area contributed by atoms with E-state index in [1.54, 1.807) is 0 Å². The first-order valence-corrected chi connectivity index (χ1v) is 9.29. The summed E-state index contributed by atoms with van der Waals surface area (Å²) in [5.41, 5.74) is 7.46. The maximum atomic E-state index is 6.19. The van der Waals surface area contributed by atoms with E-state index >= 15 is 0 Å². The van der Waals surface area contributed by atoms with Gasteiger partial charge in [-0.1, -0.05) is 54.6 Å². The number of rotatable bonds is 3. The fourth-order valence-corrected chi connectivity index (χ4v) is 3.91. The summed E-state index contributed by atoms with van der Waals surface area (Å²) in [4.78, 5) is 0. The van der Waals surface area contributed by atoms with Crippen molar-refractivity contribution >= 4 is 16.7 Å². The van der Waals surface area contributed by atoms with Crippen LogP contribution in [0, 0.1) is 0 Å². The summed E-state index contributed by atoms with van der Waals surface area (Å²) < 4.78 is 6.19. The van der Waals surface area contributed by atoms with Crippen LogP contribution < -0.4 is 5.32 Å². The third-order valence-electron chi connectivity index (χ3n) is 5.15. The molecule has 2 heteroatoms. The maximum absolute atomic E-state index is 6.19. The summed E-state index contributed by atoms with van der Waals surface area (Å²) in [5.74, 6) is 0.951. The predicted octanol–water partition coefficient (Wildman–Crippen LogP) is 6.05. The van der Waals surface area contributed by atoms with Gasteiger partial charge in [0.25, 0.3) is 0 Å². The third-order valence-corrected chi connectivity index (χ3v) is 5.15. The highest BCUT2D eigenvalue weighted by Crippen LogP contribution is 2.38. The van der Waals surface area contributed by atoms with Gasteiger partial charge >= 0.3 is 0 Å². The second-order valence-electron chi connectivity index (χ2n) is 7.02. The van der Waals surface area contributed by atoms with E-state index in [2.05, 4.69) is 66.0 Å². The third kappa shape index (κ3) is 2.78. The number of anilines is 1. The van der Waals surface area contributed by atoms with Crippen molar-refractivity contribution in [2.45, 2.75) is 19.3 Å². The van der Waals surface area contributed by atoms with Crippen LogP contribution in [0.25, 0.3) is 22.3 Å². The van der Waals surface area contributed by atoms with Crippen molar-refractivity contribution in [3.05, 3.63) is 89.5 Å². The molecule has 0 saturated carbocycles. The van der Waals surface area contributed by atoms with Crippen molar-refractivity contribution in [3.63, 3.8) is 0 Å². The zero-order chi connectivity index (χ0) is 17.3. The van der Waals surface area contributed by atoms with Crippen molar-refractivity contribution in [2.75, 3.05) is 11.9 Å². The van der Waals surface area contributed by atoms with Crippen LogP contribution in [0.15, 0.2) is 77.2 Å². The Bertz CT molecular complexity index is 1030. The summed E-state index contributed by atoms with van der Waals surface area (Å²) in [5, 5.41) is 4.76. The molecule has 0 atom stereocenters. The molecule has 0 aliphatic carbocycles. The van der Waals surface area contributed by atoms with E-state index in [9.17, 15) is 0 Å². The zero-order valence-electron chi connectivity index (χ0n) is 14.7. The summed E-state index contributed by atoms with van der Waals surface area (Å²) in [7, 11) is 0. The van der Waals surface area contributed by atoms with Gasteiger partial charge in [0.15, 0.2) is 0 Å². The molecule has 0 radical (unpaired) electrons. The molecule has 0 bridgehead atoms. The number of aryl methyl sites for hydroxylation is 1. The first-order chi connectivity index (χ1) is 12.9. The standard InChI is InChI=1S/C24H21NO/c1-2-7-17(8-3-1)13-18-14-20-10-6-12-25-24(20)21(15-18)23-16-19-9-4-5-11-22(19)26-23/h1-5,7-9,11,14-16,25H,6,10,12-13H2. The molecule has 0 saturated heterocycles. The largest absolute Gasteiger partial charge is 0.456 e. The Morgan fingerprint density at radius 3 is 2.58 bits per heavy atom. The number of hydrogen-bond acceptors (Lipinski definition) is 2. The van der Waals surface area contributed by atoms with Crippen molar-refractivity contribution in [1.29, 1.82) is 0 Å². The van der Waals surface area contributed by atoms with Gasteiger partial charge in [0.2, 0.25) is 0 Å². The highest BCUT2D eigenvalue weighted by molar-refractivity contribution is 5.87.